The Morgan fingerprint density at radius 1 is 1.35 bits per heavy atom. The Morgan fingerprint density at radius 3 is 2.59 bits per heavy atom. The lowest BCUT2D eigenvalue weighted by Gasteiger charge is -2.18. The van der Waals surface area contributed by atoms with E-state index >= 15 is 0 Å². The van der Waals surface area contributed by atoms with E-state index in [0.29, 0.717) is 10.4 Å². The molecule has 1 N–H and O–H groups in total. The minimum absolute atomic E-state index is 0.0340. The first-order valence-electron chi connectivity index (χ1n) is 5.79. The van der Waals surface area contributed by atoms with Crippen molar-refractivity contribution in [3.05, 3.63) is 33.6 Å². The van der Waals surface area contributed by atoms with Crippen molar-refractivity contribution in [3.63, 3.8) is 0 Å². The maximum absolute atomic E-state index is 13.4. The van der Waals surface area contributed by atoms with Gasteiger partial charge in [0.25, 0.3) is 0 Å². The van der Waals surface area contributed by atoms with Gasteiger partial charge in [-0.25, -0.2) is 4.39 Å². The summed E-state index contributed by atoms with van der Waals surface area (Å²) in [6.45, 7) is 5.17. The maximum atomic E-state index is 13.4. The first kappa shape index (κ1) is 13.1. The molecule has 1 aliphatic carbocycles. The summed E-state index contributed by atoms with van der Waals surface area (Å²) in [5.41, 5.74) is 1.18. The zero-order valence-corrected chi connectivity index (χ0v) is 11.5. The molecule has 0 spiro atoms. The Kier molecular flexibility index (Phi) is 3.67. The van der Waals surface area contributed by atoms with Crippen molar-refractivity contribution in [1.82, 2.24) is 5.32 Å². The molecule has 1 atom stereocenters. The molecular formula is C13H16Cl2FN. The molecule has 2 rings (SSSR count). The average molecular weight is 276 g/mol. The normalized spacial score (nSPS) is 19.1. The van der Waals surface area contributed by atoms with Crippen LogP contribution in [0.3, 0.4) is 0 Å². The first-order chi connectivity index (χ1) is 7.91. The van der Waals surface area contributed by atoms with Gasteiger partial charge in [0.1, 0.15) is 5.82 Å². The van der Waals surface area contributed by atoms with Crippen LogP contribution in [0.4, 0.5) is 4.39 Å². The van der Waals surface area contributed by atoms with Crippen molar-refractivity contribution in [2.75, 3.05) is 6.54 Å². The Hall–Kier alpha value is -0.310. The van der Waals surface area contributed by atoms with E-state index in [1.165, 1.54) is 25.0 Å². The van der Waals surface area contributed by atoms with Gasteiger partial charge in [-0.3, -0.25) is 0 Å². The van der Waals surface area contributed by atoms with E-state index < -0.39 is 5.82 Å². The SMILES string of the molecule is CC(NCC1(C)CC1)c1cc(F)c(Cl)cc1Cl. The highest BCUT2D eigenvalue weighted by Crippen LogP contribution is 2.44. The molecule has 0 amide bonds. The smallest absolute Gasteiger partial charge is 0.142 e. The fraction of sp³-hybridized carbons (Fsp3) is 0.538. The second kappa shape index (κ2) is 4.75. The molecule has 1 fully saturated rings. The summed E-state index contributed by atoms with van der Waals surface area (Å²) >= 11 is 11.7. The van der Waals surface area contributed by atoms with Crippen molar-refractivity contribution >= 4 is 23.2 Å². The van der Waals surface area contributed by atoms with Crippen LogP contribution in [0.1, 0.15) is 38.3 Å². The van der Waals surface area contributed by atoms with E-state index in [1.54, 1.807) is 0 Å². The fourth-order valence-corrected chi connectivity index (χ4v) is 2.32. The van der Waals surface area contributed by atoms with Crippen LogP contribution in [0.5, 0.6) is 0 Å². The molecule has 0 saturated heterocycles. The van der Waals surface area contributed by atoms with Crippen molar-refractivity contribution in [1.29, 1.82) is 0 Å². The Bertz CT molecular complexity index is 430. The van der Waals surface area contributed by atoms with E-state index in [1.807, 2.05) is 6.92 Å². The molecule has 1 aromatic carbocycles. The lowest BCUT2D eigenvalue weighted by atomic mass is 10.1. The van der Waals surface area contributed by atoms with Crippen LogP contribution in [-0.4, -0.2) is 6.54 Å². The molecule has 1 aromatic rings. The summed E-state index contributed by atoms with van der Waals surface area (Å²) in [7, 11) is 0. The standard InChI is InChI=1S/C13H16Cl2FN/c1-8(17-7-13(2)3-4-13)9-5-12(16)11(15)6-10(9)14/h5-6,8,17H,3-4,7H2,1-2H3. The predicted octanol–water partition coefficient (Wildman–Crippen LogP) is 4.58. The number of benzene rings is 1. The van der Waals surface area contributed by atoms with Gasteiger partial charge >= 0.3 is 0 Å². The lowest BCUT2D eigenvalue weighted by molar-refractivity contribution is 0.456. The van der Waals surface area contributed by atoms with Crippen LogP contribution in [-0.2, 0) is 0 Å². The maximum Gasteiger partial charge on any atom is 0.142 e. The third-order valence-corrected chi connectivity index (χ3v) is 4.06. The van der Waals surface area contributed by atoms with Gasteiger partial charge in [-0.1, -0.05) is 30.1 Å². The molecule has 17 heavy (non-hydrogen) atoms. The second-order valence-electron chi connectivity index (χ2n) is 5.20. The monoisotopic (exact) mass is 275 g/mol. The number of hydrogen-bond donors (Lipinski definition) is 1. The molecule has 0 aliphatic heterocycles. The van der Waals surface area contributed by atoms with Gasteiger partial charge in [-0.2, -0.15) is 0 Å². The van der Waals surface area contributed by atoms with Gasteiger partial charge in [0.2, 0.25) is 0 Å². The molecule has 1 nitrogen and oxygen atoms in total. The first-order valence-corrected chi connectivity index (χ1v) is 6.55. The van der Waals surface area contributed by atoms with Crippen LogP contribution < -0.4 is 5.32 Å². The largest absolute Gasteiger partial charge is 0.310 e. The highest BCUT2D eigenvalue weighted by molar-refractivity contribution is 6.35. The quantitative estimate of drug-likeness (QED) is 0.793. The van der Waals surface area contributed by atoms with E-state index in [-0.39, 0.29) is 11.1 Å². The van der Waals surface area contributed by atoms with E-state index in [2.05, 4.69) is 12.2 Å². The van der Waals surface area contributed by atoms with Crippen molar-refractivity contribution in [2.45, 2.75) is 32.7 Å². The zero-order chi connectivity index (χ0) is 12.6. The molecule has 0 radical (unpaired) electrons. The number of nitrogens with one attached hydrogen (secondary N) is 1. The third kappa shape index (κ3) is 3.12. The highest BCUT2D eigenvalue weighted by Gasteiger charge is 2.37. The number of hydrogen-bond acceptors (Lipinski definition) is 1. The summed E-state index contributed by atoms with van der Waals surface area (Å²) < 4.78 is 13.4. The van der Waals surface area contributed by atoms with Crippen LogP contribution in [0.25, 0.3) is 0 Å². The van der Waals surface area contributed by atoms with Gasteiger partial charge in [0.05, 0.1) is 5.02 Å². The summed E-state index contributed by atoms with van der Waals surface area (Å²) in [6.07, 6.45) is 2.52. The molecule has 1 saturated carbocycles. The summed E-state index contributed by atoms with van der Waals surface area (Å²) in [6, 6.07) is 2.91. The van der Waals surface area contributed by atoms with Crippen molar-refractivity contribution < 1.29 is 4.39 Å². The van der Waals surface area contributed by atoms with Gasteiger partial charge in [0.15, 0.2) is 0 Å². The zero-order valence-electron chi connectivity index (χ0n) is 9.99. The van der Waals surface area contributed by atoms with E-state index in [0.717, 1.165) is 12.1 Å². The number of rotatable bonds is 4. The molecule has 0 aromatic heterocycles. The molecular weight excluding hydrogens is 260 g/mol. The Balaban J connectivity index is 2.07. The molecule has 1 unspecified atom stereocenters. The Morgan fingerprint density at radius 2 is 2.00 bits per heavy atom. The van der Waals surface area contributed by atoms with Crippen LogP contribution in [0.2, 0.25) is 10.0 Å². The average Bonchev–Trinajstić information content (AvgIpc) is 2.99. The minimum Gasteiger partial charge on any atom is -0.310 e. The third-order valence-electron chi connectivity index (χ3n) is 3.44. The van der Waals surface area contributed by atoms with Gasteiger partial charge in [-0.05, 0) is 42.9 Å². The topological polar surface area (TPSA) is 12.0 Å². The lowest BCUT2D eigenvalue weighted by Crippen LogP contribution is -2.25. The van der Waals surface area contributed by atoms with Gasteiger partial charge in [-0.15, -0.1) is 0 Å². The van der Waals surface area contributed by atoms with Crippen LogP contribution in [0, 0.1) is 11.2 Å². The molecule has 1 aliphatic rings. The fourth-order valence-electron chi connectivity index (χ4n) is 1.77. The van der Waals surface area contributed by atoms with Gasteiger partial charge < -0.3 is 5.32 Å². The second-order valence-corrected chi connectivity index (χ2v) is 6.02. The molecule has 0 heterocycles. The number of halogens is 3. The molecule has 0 bridgehead atoms. The molecule has 4 heteroatoms. The van der Waals surface area contributed by atoms with Crippen molar-refractivity contribution in [2.24, 2.45) is 5.41 Å². The van der Waals surface area contributed by atoms with Crippen molar-refractivity contribution in [3.8, 4) is 0 Å². The summed E-state index contributed by atoms with van der Waals surface area (Å²) in [4.78, 5) is 0. The summed E-state index contributed by atoms with van der Waals surface area (Å²) in [5, 5.41) is 3.98. The summed E-state index contributed by atoms with van der Waals surface area (Å²) in [5.74, 6) is -0.419. The Labute approximate surface area is 111 Å². The van der Waals surface area contributed by atoms with Crippen LogP contribution >= 0.6 is 23.2 Å². The van der Waals surface area contributed by atoms with E-state index in [9.17, 15) is 4.39 Å². The predicted molar refractivity (Wildman–Crippen MR) is 70.2 cm³/mol. The molecule has 94 valence electrons. The highest BCUT2D eigenvalue weighted by atomic mass is 35.5. The van der Waals surface area contributed by atoms with E-state index in [4.69, 9.17) is 23.2 Å². The van der Waals surface area contributed by atoms with Gasteiger partial charge in [0, 0.05) is 17.6 Å². The van der Waals surface area contributed by atoms with Crippen LogP contribution in [0.15, 0.2) is 12.1 Å². The minimum atomic E-state index is -0.419.